The van der Waals surface area contributed by atoms with E-state index in [0.717, 1.165) is 5.92 Å². The molecule has 2 rings (SSSR count). The monoisotopic (exact) mass is 168 g/mol. The van der Waals surface area contributed by atoms with E-state index in [4.69, 9.17) is 0 Å². The van der Waals surface area contributed by atoms with Crippen molar-refractivity contribution in [1.29, 1.82) is 0 Å². The Balaban J connectivity index is 2.04. The number of hydrogen-bond acceptors (Lipinski definition) is 2. The van der Waals surface area contributed by atoms with Gasteiger partial charge in [0.2, 0.25) is 0 Å². The maximum Gasteiger partial charge on any atom is 0.0677 e. The maximum absolute atomic E-state index is 4.38. The zero-order valence-electron chi connectivity index (χ0n) is 6.58. The van der Waals surface area contributed by atoms with E-state index in [0.29, 0.717) is 8.51 Å². The van der Waals surface area contributed by atoms with E-state index in [-0.39, 0.29) is 0 Å². The van der Waals surface area contributed by atoms with Gasteiger partial charge in [0.15, 0.2) is 0 Å². The fourth-order valence-electron chi connectivity index (χ4n) is 1.81. The summed E-state index contributed by atoms with van der Waals surface area (Å²) in [5, 5.41) is 0. The van der Waals surface area contributed by atoms with Crippen molar-refractivity contribution >= 4 is 8.51 Å². The van der Waals surface area contributed by atoms with Gasteiger partial charge in [-0.05, 0) is 12.8 Å². The molecule has 0 aromatic carbocycles. The highest BCUT2D eigenvalue weighted by molar-refractivity contribution is 7.20. The van der Waals surface area contributed by atoms with Crippen molar-refractivity contribution in [2.75, 3.05) is 0 Å². The van der Waals surface area contributed by atoms with Crippen molar-refractivity contribution < 1.29 is 0 Å². The van der Waals surface area contributed by atoms with Gasteiger partial charge in [-0.15, -0.1) is 0 Å². The van der Waals surface area contributed by atoms with Crippen LogP contribution in [0.4, 0.5) is 0 Å². The third-order valence-electron chi connectivity index (χ3n) is 2.46. The Kier molecular flexibility index (Phi) is 2.23. The summed E-state index contributed by atoms with van der Waals surface area (Å²) >= 11 is 0. The van der Waals surface area contributed by atoms with Gasteiger partial charge in [-0.2, -0.15) is 0 Å². The molecule has 1 saturated carbocycles. The fourth-order valence-corrected chi connectivity index (χ4v) is 2.41. The third kappa shape index (κ3) is 1.62. The lowest BCUT2D eigenvalue weighted by Crippen LogP contribution is -2.04. The molecular weight excluding hydrogens is 155 g/mol. The minimum atomic E-state index is 0.471. The van der Waals surface area contributed by atoms with Gasteiger partial charge in [0.05, 0.1) is 20.4 Å². The molecule has 2 nitrogen and oxygen atoms in total. The number of nitrogens with zero attached hydrogens (tertiary/aromatic N) is 2. The third-order valence-corrected chi connectivity index (χ3v) is 3.06. The molecule has 0 saturated heterocycles. The quantitative estimate of drug-likeness (QED) is 0.644. The summed E-state index contributed by atoms with van der Waals surface area (Å²) < 4.78 is 8.52. The first-order valence-electron chi connectivity index (χ1n) is 4.32. The Morgan fingerprint density at radius 1 is 1.27 bits per heavy atom. The average Bonchev–Trinajstić information content (AvgIpc) is 2.58. The van der Waals surface area contributed by atoms with Crippen LogP contribution in [0.1, 0.15) is 43.7 Å². The van der Waals surface area contributed by atoms with Crippen molar-refractivity contribution in [3.8, 4) is 0 Å². The lowest BCUT2D eigenvalue weighted by Gasteiger charge is -2.18. The molecule has 0 amide bonds. The highest BCUT2D eigenvalue weighted by Gasteiger charge is 2.16. The molecule has 1 fully saturated rings. The van der Waals surface area contributed by atoms with Crippen LogP contribution in [0, 0.1) is 0 Å². The highest BCUT2D eigenvalue weighted by atomic mass is 31.1. The summed E-state index contributed by atoms with van der Waals surface area (Å²) in [6.07, 6.45) is 8.86. The lowest BCUT2D eigenvalue weighted by atomic mass is 9.87. The van der Waals surface area contributed by atoms with Gasteiger partial charge in [0.1, 0.15) is 0 Å². The second kappa shape index (κ2) is 3.36. The molecule has 11 heavy (non-hydrogen) atoms. The Morgan fingerprint density at radius 2 is 2.09 bits per heavy atom. The van der Waals surface area contributed by atoms with E-state index < -0.39 is 0 Å². The Morgan fingerprint density at radius 3 is 2.73 bits per heavy atom. The fraction of sp³-hybridized carbons (Fsp3) is 0.750. The Labute approximate surface area is 68.7 Å². The number of aromatic nitrogens is 2. The SMILES string of the molecule is c1n[pH]nc1C1CCCCC1. The second-order valence-electron chi connectivity index (χ2n) is 3.23. The topological polar surface area (TPSA) is 25.8 Å². The van der Waals surface area contributed by atoms with Crippen LogP contribution in [-0.4, -0.2) is 9.49 Å². The van der Waals surface area contributed by atoms with Crippen LogP contribution in [0.25, 0.3) is 0 Å². The predicted octanol–water partition coefficient (Wildman–Crippen LogP) is 2.56. The summed E-state index contributed by atoms with van der Waals surface area (Å²) in [5.74, 6) is 0.752. The van der Waals surface area contributed by atoms with E-state index in [9.17, 15) is 0 Å². The average molecular weight is 168 g/mol. The molecule has 60 valence electrons. The van der Waals surface area contributed by atoms with Crippen LogP contribution in [0.2, 0.25) is 0 Å². The van der Waals surface area contributed by atoms with Crippen molar-refractivity contribution in [3.05, 3.63) is 11.9 Å². The summed E-state index contributed by atoms with van der Waals surface area (Å²) in [7, 11) is 0.471. The molecule has 0 radical (unpaired) electrons. The lowest BCUT2D eigenvalue weighted by molar-refractivity contribution is 0.438. The van der Waals surface area contributed by atoms with E-state index in [1.54, 1.807) is 0 Å². The van der Waals surface area contributed by atoms with Gasteiger partial charge in [-0.25, -0.2) is 9.49 Å². The van der Waals surface area contributed by atoms with Crippen molar-refractivity contribution in [2.45, 2.75) is 38.0 Å². The summed E-state index contributed by atoms with van der Waals surface area (Å²) in [4.78, 5) is 0. The smallest absolute Gasteiger partial charge is 0.0677 e. The highest BCUT2D eigenvalue weighted by Crippen LogP contribution is 2.31. The van der Waals surface area contributed by atoms with Gasteiger partial charge in [-0.3, -0.25) is 0 Å². The number of hydrogen-bond donors (Lipinski definition) is 0. The van der Waals surface area contributed by atoms with Gasteiger partial charge in [-0.1, -0.05) is 19.3 Å². The molecule has 1 unspecified atom stereocenters. The van der Waals surface area contributed by atoms with Gasteiger partial charge >= 0.3 is 0 Å². The van der Waals surface area contributed by atoms with Crippen LogP contribution in [0.3, 0.4) is 0 Å². The molecule has 1 atom stereocenters. The molecule has 0 spiro atoms. The van der Waals surface area contributed by atoms with Crippen LogP contribution in [-0.2, 0) is 0 Å². The minimum absolute atomic E-state index is 0.471. The molecular formula is C8H13N2P. The molecule has 1 aliphatic rings. The second-order valence-corrected chi connectivity index (χ2v) is 3.91. The normalized spacial score (nSPS) is 21.1. The van der Waals surface area contributed by atoms with E-state index >= 15 is 0 Å². The van der Waals surface area contributed by atoms with Crippen molar-refractivity contribution in [2.24, 2.45) is 0 Å². The van der Waals surface area contributed by atoms with E-state index in [1.807, 2.05) is 6.20 Å². The first-order valence-corrected chi connectivity index (χ1v) is 5.22. The summed E-state index contributed by atoms with van der Waals surface area (Å²) in [6.45, 7) is 0. The van der Waals surface area contributed by atoms with Crippen LogP contribution >= 0.6 is 8.51 Å². The molecule has 1 aromatic heterocycles. The molecule has 1 aliphatic carbocycles. The van der Waals surface area contributed by atoms with Crippen LogP contribution in [0.5, 0.6) is 0 Å². The molecule has 1 heterocycles. The number of rotatable bonds is 1. The molecule has 0 N–H and O–H groups in total. The van der Waals surface area contributed by atoms with E-state index in [2.05, 4.69) is 9.49 Å². The molecule has 0 aliphatic heterocycles. The Bertz CT molecular complexity index is 202. The standard InChI is InChI=1S/C8H13N2P/c1-2-4-7(5-3-1)8-6-9-11-10-8/h6-7,11H,1-5H2. The largest absolute Gasteiger partial charge is 0.228 e. The van der Waals surface area contributed by atoms with Gasteiger partial charge in [0.25, 0.3) is 0 Å². The van der Waals surface area contributed by atoms with Gasteiger partial charge in [0, 0.05) is 5.92 Å². The molecule has 0 bridgehead atoms. The first kappa shape index (κ1) is 7.30. The van der Waals surface area contributed by atoms with Crippen LogP contribution in [0.15, 0.2) is 6.20 Å². The first-order chi connectivity index (χ1) is 5.47. The summed E-state index contributed by atoms with van der Waals surface area (Å²) in [6, 6.07) is 0. The molecule has 1 aromatic rings. The summed E-state index contributed by atoms with van der Waals surface area (Å²) in [5.41, 5.74) is 1.28. The zero-order chi connectivity index (χ0) is 7.52. The van der Waals surface area contributed by atoms with E-state index in [1.165, 1.54) is 37.8 Å². The van der Waals surface area contributed by atoms with Crippen molar-refractivity contribution in [1.82, 2.24) is 9.49 Å². The van der Waals surface area contributed by atoms with Gasteiger partial charge < -0.3 is 0 Å². The van der Waals surface area contributed by atoms with Crippen LogP contribution < -0.4 is 0 Å². The zero-order valence-corrected chi connectivity index (χ0v) is 7.58. The van der Waals surface area contributed by atoms with Crippen molar-refractivity contribution in [3.63, 3.8) is 0 Å². The maximum atomic E-state index is 4.38. The minimum Gasteiger partial charge on any atom is -0.228 e. The predicted molar refractivity (Wildman–Crippen MR) is 47.4 cm³/mol. The Hall–Kier alpha value is -0.360. The molecule has 3 heteroatoms.